The number of rotatable bonds is 3. The fourth-order valence-electron chi connectivity index (χ4n) is 1.84. The Balaban J connectivity index is 0.00000144. The highest BCUT2D eigenvalue weighted by atomic mass is 35.5. The van der Waals surface area contributed by atoms with E-state index < -0.39 is 10.1 Å². The van der Waals surface area contributed by atoms with Gasteiger partial charge < -0.3 is 5.73 Å². The Labute approximate surface area is 108 Å². The van der Waals surface area contributed by atoms with Crippen molar-refractivity contribution in [1.82, 2.24) is 0 Å². The third-order valence-electron chi connectivity index (χ3n) is 3.00. The molecule has 96 valence electrons. The highest BCUT2D eigenvalue weighted by molar-refractivity contribution is 7.86. The van der Waals surface area contributed by atoms with Crippen molar-refractivity contribution in [3.05, 3.63) is 29.3 Å². The van der Waals surface area contributed by atoms with Gasteiger partial charge in [0.05, 0.1) is 12.0 Å². The lowest BCUT2D eigenvalue weighted by Gasteiger charge is -2.07. The van der Waals surface area contributed by atoms with Crippen LogP contribution in [0.3, 0.4) is 0 Å². The van der Waals surface area contributed by atoms with Gasteiger partial charge in [-0.05, 0) is 36.6 Å². The van der Waals surface area contributed by atoms with Gasteiger partial charge >= 0.3 is 0 Å². The second-order valence-corrected chi connectivity index (χ2v) is 5.86. The Bertz CT molecular complexity index is 515. The van der Waals surface area contributed by atoms with Crippen LogP contribution >= 0.6 is 12.4 Å². The van der Waals surface area contributed by atoms with E-state index in [0.29, 0.717) is 5.92 Å². The average Bonchev–Trinajstić information content (AvgIpc) is 2.96. The third-order valence-corrected chi connectivity index (χ3v) is 4.27. The molecule has 0 radical (unpaired) electrons. The molecule has 1 saturated carbocycles. The van der Waals surface area contributed by atoms with Crippen LogP contribution in [0.5, 0.6) is 0 Å². The van der Waals surface area contributed by atoms with Crippen molar-refractivity contribution >= 4 is 22.5 Å². The predicted molar refractivity (Wildman–Crippen MR) is 68.0 cm³/mol. The summed E-state index contributed by atoms with van der Waals surface area (Å²) in [6.07, 6.45) is 0.928. The summed E-state index contributed by atoms with van der Waals surface area (Å²) >= 11 is 0. The molecule has 0 saturated heterocycles. The smallest absolute Gasteiger partial charge is 0.296 e. The maximum Gasteiger partial charge on any atom is 0.296 e. The van der Waals surface area contributed by atoms with E-state index >= 15 is 0 Å². The van der Waals surface area contributed by atoms with Gasteiger partial charge in [-0.25, -0.2) is 0 Å². The van der Waals surface area contributed by atoms with Gasteiger partial charge in [0, 0.05) is 12.0 Å². The number of hydrogen-bond acceptors (Lipinski definition) is 4. The maximum atomic E-state index is 11.5. The minimum absolute atomic E-state index is 0. The lowest BCUT2D eigenvalue weighted by Crippen LogP contribution is -2.06. The van der Waals surface area contributed by atoms with Crippen LogP contribution in [0.4, 0.5) is 0 Å². The molecule has 0 spiro atoms. The topological polar surface area (TPSA) is 69.4 Å². The Hall–Kier alpha value is -0.620. The quantitative estimate of drug-likeness (QED) is 0.852. The van der Waals surface area contributed by atoms with E-state index in [2.05, 4.69) is 4.18 Å². The summed E-state index contributed by atoms with van der Waals surface area (Å²) in [6.45, 7) is 1.96. The van der Waals surface area contributed by atoms with E-state index in [1.54, 1.807) is 18.2 Å². The highest BCUT2D eigenvalue weighted by Crippen LogP contribution is 2.41. The van der Waals surface area contributed by atoms with Gasteiger partial charge in [-0.1, -0.05) is 6.07 Å². The van der Waals surface area contributed by atoms with Gasteiger partial charge in [0.15, 0.2) is 0 Å². The SMILES string of the molecule is COS(=O)(=O)c1ccc(C)c([C@@H]2C[C@H]2N)c1.Cl. The molecule has 1 aliphatic rings. The van der Waals surface area contributed by atoms with Gasteiger partial charge in [-0.3, -0.25) is 4.18 Å². The van der Waals surface area contributed by atoms with Crippen molar-refractivity contribution in [3.63, 3.8) is 0 Å². The first-order valence-corrected chi connectivity index (χ1v) is 6.53. The zero-order valence-electron chi connectivity index (χ0n) is 9.71. The van der Waals surface area contributed by atoms with Crippen molar-refractivity contribution < 1.29 is 12.6 Å². The Morgan fingerprint density at radius 2 is 2.00 bits per heavy atom. The minimum Gasteiger partial charge on any atom is -0.327 e. The van der Waals surface area contributed by atoms with Crippen molar-refractivity contribution in [1.29, 1.82) is 0 Å². The second kappa shape index (κ2) is 4.94. The molecule has 0 heterocycles. The lowest BCUT2D eigenvalue weighted by atomic mass is 10.0. The Morgan fingerprint density at radius 3 is 2.47 bits per heavy atom. The standard InChI is InChI=1S/C11H15NO3S.ClH/c1-7-3-4-8(16(13,14)15-2)5-9(7)10-6-11(10)12;/h3-5,10-11H,6,12H2,1-2H3;1H/t10-,11+;/m0./s1. The van der Waals surface area contributed by atoms with Crippen LogP contribution in [-0.4, -0.2) is 21.6 Å². The first kappa shape index (κ1) is 14.4. The van der Waals surface area contributed by atoms with Crippen LogP contribution in [0.25, 0.3) is 0 Å². The normalized spacial score (nSPS) is 23.0. The van der Waals surface area contributed by atoms with Gasteiger partial charge in [-0.2, -0.15) is 8.42 Å². The molecule has 0 bridgehead atoms. The van der Waals surface area contributed by atoms with Crippen molar-refractivity contribution in [2.24, 2.45) is 5.73 Å². The first-order valence-electron chi connectivity index (χ1n) is 5.12. The molecule has 0 aliphatic heterocycles. The van der Waals surface area contributed by atoms with E-state index in [-0.39, 0.29) is 23.3 Å². The van der Waals surface area contributed by atoms with E-state index in [9.17, 15) is 8.42 Å². The summed E-state index contributed by atoms with van der Waals surface area (Å²) in [4.78, 5) is 0.203. The van der Waals surface area contributed by atoms with Crippen LogP contribution in [-0.2, 0) is 14.3 Å². The fraction of sp³-hybridized carbons (Fsp3) is 0.455. The van der Waals surface area contributed by atoms with Gasteiger partial charge in [0.1, 0.15) is 0 Å². The summed E-state index contributed by atoms with van der Waals surface area (Å²) in [6, 6.07) is 5.20. The van der Waals surface area contributed by atoms with E-state index in [1.807, 2.05) is 6.92 Å². The molecule has 17 heavy (non-hydrogen) atoms. The highest BCUT2D eigenvalue weighted by Gasteiger charge is 2.36. The number of benzene rings is 1. The zero-order valence-corrected chi connectivity index (χ0v) is 11.3. The van der Waals surface area contributed by atoms with E-state index in [4.69, 9.17) is 5.73 Å². The summed E-state index contributed by atoms with van der Waals surface area (Å²) in [7, 11) is -2.44. The molecule has 0 amide bonds. The molecule has 1 aromatic rings. The average molecular weight is 278 g/mol. The number of nitrogens with two attached hydrogens (primary N) is 1. The van der Waals surface area contributed by atoms with E-state index in [0.717, 1.165) is 24.7 Å². The molecule has 2 rings (SSSR count). The molecule has 2 N–H and O–H groups in total. The molecule has 2 atom stereocenters. The molecule has 6 heteroatoms. The van der Waals surface area contributed by atoms with Crippen molar-refractivity contribution in [2.75, 3.05) is 7.11 Å². The van der Waals surface area contributed by atoms with Gasteiger partial charge in [0.25, 0.3) is 10.1 Å². The summed E-state index contributed by atoms with van der Waals surface area (Å²) in [5, 5.41) is 0. The summed E-state index contributed by atoms with van der Waals surface area (Å²) in [5.41, 5.74) is 7.87. The third kappa shape index (κ3) is 2.80. The second-order valence-electron chi connectivity index (χ2n) is 4.15. The zero-order chi connectivity index (χ0) is 11.9. The predicted octanol–water partition coefficient (Wildman–Crippen LogP) is 1.57. The molecule has 4 nitrogen and oxygen atoms in total. The van der Waals surface area contributed by atoms with Crippen LogP contribution in [0.1, 0.15) is 23.5 Å². The molecule has 0 aromatic heterocycles. The summed E-state index contributed by atoms with van der Waals surface area (Å²) in [5.74, 6) is 0.298. The van der Waals surface area contributed by atoms with Gasteiger partial charge in [-0.15, -0.1) is 12.4 Å². The van der Waals surface area contributed by atoms with Gasteiger partial charge in [0.2, 0.25) is 0 Å². The number of halogens is 1. The van der Waals surface area contributed by atoms with Crippen LogP contribution in [0.15, 0.2) is 23.1 Å². The number of hydrogen-bond donors (Lipinski definition) is 1. The molecular formula is C11H16ClNO3S. The Kier molecular flexibility index (Phi) is 4.19. The van der Waals surface area contributed by atoms with Crippen molar-refractivity contribution in [3.8, 4) is 0 Å². The first-order chi connectivity index (χ1) is 7.45. The summed E-state index contributed by atoms with van der Waals surface area (Å²) < 4.78 is 27.6. The lowest BCUT2D eigenvalue weighted by molar-refractivity contribution is 0.397. The molecule has 1 fully saturated rings. The molecule has 1 aromatic carbocycles. The minimum atomic E-state index is -3.60. The van der Waals surface area contributed by atoms with E-state index in [1.165, 1.54) is 0 Å². The molecular weight excluding hydrogens is 262 g/mol. The molecule has 0 unspecified atom stereocenters. The van der Waals surface area contributed by atoms with Crippen LogP contribution in [0.2, 0.25) is 0 Å². The van der Waals surface area contributed by atoms with Crippen LogP contribution < -0.4 is 5.73 Å². The monoisotopic (exact) mass is 277 g/mol. The number of aryl methyl sites for hydroxylation is 1. The van der Waals surface area contributed by atoms with Crippen LogP contribution in [0, 0.1) is 6.92 Å². The fourth-order valence-corrected chi connectivity index (χ4v) is 2.54. The van der Waals surface area contributed by atoms with Crippen molar-refractivity contribution in [2.45, 2.75) is 30.2 Å². The molecule has 1 aliphatic carbocycles. The Morgan fingerprint density at radius 1 is 1.41 bits per heavy atom. The largest absolute Gasteiger partial charge is 0.327 e. The maximum absolute atomic E-state index is 11.5.